The Balaban J connectivity index is 0.00000342. The number of nitrogens with zero attached hydrogens (tertiary/aromatic N) is 2. The Kier molecular flexibility index (Phi) is 6.34. The molecular weight excluding hydrogens is 480 g/mol. The Bertz CT molecular complexity index is 1220. The molecule has 1 aromatic rings. The monoisotopic (exact) mass is 508 g/mol. The number of rotatable bonds is 3. The molecule has 0 bridgehead atoms. The number of Topliss-reactive ketones (excluding diaryl/α,β-unsaturated/α-hetero) is 2. The van der Waals surface area contributed by atoms with Crippen molar-refractivity contribution in [1.29, 1.82) is 0 Å². The van der Waals surface area contributed by atoms with Gasteiger partial charge in [0.05, 0.1) is 17.3 Å². The first-order valence-corrected chi connectivity index (χ1v) is 10.7. The van der Waals surface area contributed by atoms with Gasteiger partial charge in [-0.1, -0.05) is 0 Å². The fourth-order valence-corrected chi connectivity index (χ4v) is 5.71. The van der Waals surface area contributed by atoms with Gasteiger partial charge in [-0.05, 0) is 44.5 Å². The summed E-state index contributed by atoms with van der Waals surface area (Å²) in [6.45, 7) is 0. The van der Waals surface area contributed by atoms with Gasteiger partial charge in [-0.3, -0.25) is 19.3 Å². The van der Waals surface area contributed by atoms with Crippen LogP contribution in [0.25, 0.3) is 5.76 Å². The summed E-state index contributed by atoms with van der Waals surface area (Å²) < 4.78 is 0. The maximum Gasteiger partial charge on any atom is 0.255 e. The molecule has 1 amide bonds. The van der Waals surface area contributed by atoms with E-state index in [9.17, 15) is 34.8 Å². The number of aromatic hydroxyl groups is 1. The van der Waals surface area contributed by atoms with Crippen molar-refractivity contribution in [2.45, 2.75) is 24.5 Å². The van der Waals surface area contributed by atoms with E-state index >= 15 is 0 Å². The SMILES string of the molecule is CN(C)c1cc(N)c(O)c2c1CC1CC3[C@H](N(C)C)C(=O)C(C(N)=O)=C(O)[C@@]3(O)C(=O)C1=C2O.Cl. The van der Waals surface area contributed by atoms with Crippen molar-refractivity contribution in [2.24, 2.45) is 17.6 Å². The fourth-order valence-electron chi connectivity index (χ4n) is 5.71. The predicted octanol–water partition coefficient (Wildman–Crippen LogP) is 0.0340. The number of phenols is 1. The van der Waals surface area contributed by atoms with Gasteiger partial charge in [0, 0.05) is 31.3 Å². The van der Waals surface area contributed by atoms with Gasteiger partial charge in [-0.15, -0.1) is 12.4 Å². The maximum atomic E-state index is 13.7. The van der Waals surface area contributed by atoms with Crippen LogP contribution in [0.3, 0.4) is 0 Å². The summed E-state index contributed by atoms with van der Waals surface area (Å²) in [5.74, 6) is -6.95. The molecule has 0 spiro atoms. The molecule has 190 valence electrons. The van der Waals surface area contributed by atoms with Crippen LogP contribution in [0.15, 0.2) is 23.0 Å². The number of aliphatic hydroxyl groups excluding tert-OH is 2. The number of halogens is 1. The number of phenolic OH excluding ortho intramolecular Hbond substituents is 1. The number of likely N-dealkylation sites (N-methyl/N-ethyl adjacent to an activating group) is 1. The number of primary amides is 1. The molecular formula is C23H29ClN4O7. The summed E-state index contributed by atoms with van der Waals surface area (Å²) >= 11 is 0. The largest absolute Gasteiger partial charge is 0.508 e. The molecule has 1 aromatic carbocycles. The number of carbonyl (C=O) groups excluding carboxylic acids is 3. The average molecular weight is 509 g/mol. The average Bonchev–Trinajstić information content (AvgIpc) is 2.72. The quantitative estimate of drug-likeness (QED) is 0.184. The van der Waals surface area contributed by atoms with Crippen molar-refractivity contribution >= 4 is 47.0 Å². The van der Waals surface area contributed by atoms with Crippen molar-refractivity contribution in [3.63, 3.8) is 0 Å². The lowest BCUT2D eigenvalue weighted by molar-refractivity contribution is -0.153. The highest BCUT2D eigenvalue weighted by atomic mass is 35.5. The van der Waals surface area contributed by atoms with Crippen molar-refractivity contribution in [3.05, 3.63) is 34.1 Å². The number of nitrogens with two attached hydrogens (primary N) is 2. The summed E-state index contributed by atoms with van der Waals surface area (Å²) in [4.78, 5) is 42.0. The highest BCUT2D eigenvalue weighted by molar-refractivity contribution is 6.24. The molecule has 0 heterocycles. The van der Waals surface area contributed by atoms with E-state index in [1.807, 2.05) is 0 Å². The number of nitrogen functional groups attached to an aromatic ring is 1. The molecule has 8 N–H and O–H groups in total. The molecule has 3 aliphatic rings. The highest BCUT2D eigenvalue weighted by Gasteiger charge is 2.64. The number of benzene rings is 1. The van der Waals surface area contributed by atoms with Crippen LogP contribution in [0.4, 0.5) is 11.4 Å². The van der Waals surface area contributed by atoms with E-state index in [4.69, 9.17) is 11.5 Å². The van der Waals surface area contributed by atoms with Gasteiger partial charge in [0.15, 0.2) is 11.4 Å². The molecule has 0 radical (unpaired) electrons. The number of ketones is 2. The summed E-state index contributed by atoms with van der Waals surface area (Å²) in [5, 5.41) is 44.2. The minimum Gasteiger partial charge on any atom is -0.508 e. The molecule has 3 aliphatic carbocycles. The molecule has 1 saturated carbocycles. The Morgan fingerprint density at radius 3 is 2.26 bits per heavy atom. The van der Waals surface area contributed by atoms with Gasteiger partial charge in [-0.25, -0.2) is 0 Å². The second-order valence-corrected chi connectivity index (χ2v) is 9.54. The summed E-state index contributed by atoms with van der Waals surface area (Å²) in [7, 11) is 6.64. The van der Waals surface area contributed by atoms with Gasteiger partial charge in [0.25, 0.3) is 5.91 Å². The molecule has 4 atom stereocenters. The lowest BCUT2D eigenvalue weighted by Crippen LogP contribution is -2.65. The number of carbonyl (C=O) groups is 3. The van der Waals surface area contributed by atoms with E-state index in [1.54, 1.807) is 39.2 Å². The van der Waals surface area contributed by atoms with Crippen LogP contribution in [0.1, 0.15) is 17.5 Å². The molecule has 0 aliphatic heterocycles. The second kappa shape index (κ2) is 8.43. The molecule has 2 unspecified atom stereocenters. The Morgan fingerprint density at radius 2 is 1.74 bits per heavy atom. The molecule has 35 heavy (non-hydrogen) atoms. The van der Waals surface area contributed by atoms with Crippen molar-refractivity contribution < 1.29 is 34.8 Å². The van der Waals surface area contributed by atoms with Gasteiger partial charge in [0.2, 0.25) is 5.78 Å². The Labute approximate surface area is 207 Å². The molecule has 0 aromatic heterocycles. The third kappa shape index (κ3) is 3.37. The van der Waals surface area contributed by atoms with Crippen LogP contribution >= 0.6 is 12.4 Å². The third-order valence-electron chi connectivity index (χ3n) is 7.21. The first-order chi connectivity index (χ1) is 15.7. The number of aliphatic hydroxyl groups is 3. The molecule has 11 nitrogen and oxygen atoms in total. The van der Waals surface area contributed by atoms with E-state index in [0.29, 0.717) is 11.3 Å². The lowest BCUT2D eigenvalue weighted by atomic mass is 9.57. The van der Waals surface area contributed by atoms with Gasteiger partial charge < -0.3 is 36.8 Å². The van der Waals surface area contributed by atoms with Crippen molar-refractivity contribution in [2.75, 3.05) is 38.8 Å². The smallest absolute Gasteiger partial charge is 0.255 e. The van der Waals surface area contributed by atoms with Crippen LogP contribution in [-0.2, 0) is 20.8 Å². The topological polar surface area (TPSA) is 191 Å². The Hall–Kier alpha value is -3.28. The maximum absolute atomic E-state index is 13.7. The minimum absolute atomic E-state index is 0. The van der Waals surface area contributed by atoms with Gasteiger partial charge >= 0.3 is 0 Å². The normalized spacial score (nSPS) is 27.8. The zero-order chi connectivity index (χ0) is 25.4. The standard InChI is InChI=1S/C23H28N4O7.ClH/c1-26(2)12-7-11(24)17(28)14-9(12)5-8-6-10-16(27(3)4)19(30)15(22(25)33)21(32)23(10,34)20(31)13(8)18(14)29;/h7-8,10,16,28-29,32,34H,5-6,24H2,1-4H3,(H2,25,33);1H/t8?,10?,16-,23-;/m0./s1. The number of amides is 1. The summed E-state index contributed by atoms with van der Waals surface area (Å²) in [6.07, 6.45) is 0.236. The zero-order valence-corrected chi connectivity index (χ0v) is 20.5. The van der Waals surface area contributed by atoms with E-state index in [-0.39, 0.29) is 42.1 Å². The number of hydrogen-bond donors (Lipinski definition) is 6. The van der Waals surface area contributed by atoms with E-state index < -0.39 is 63.8 Å². The number of fused-ring (bicyclic) bond motifs is 3. The van der Waals surface area contributed by atoms with Gasteiger partial charge in [-0.2, -0.15) is 0 Å². The third-order valence-corrected chi connectivity index (χ3v) is 7.21. The predicted molar refractivity (Wildman–Crippen MR) is 130 cm³/mol. The molecule has 0 saturated heterocycles. The van der Waals surface area contributed by atoms with Crippen molar-refractivity contribution in [3.8, 4) is 5.75 Å². The van der Waals surface area contributed by atoms with E-state index in [0.717, 1.165) is 0 Å². The number of anilines is 2. The fraction of sp³-hybridized carbons (Fsp3) is 0.435. The van der Waals surface area contributed by atoms with Crippen LogP contribution in [0.5, 0.6) is 5.75 Å². The van der Waals surface area contributed by atoms with E-state index in [1.165, 1.54) is 4.90 Å². The van der Waals surface area contributed by atoms with Crippen LogP contribution in [0, 0.1) is 11.8 Å². The van der Waals surface area contributed by atoms with Crippen LogP contribution in [0.2, 0.25) is 0 Å². The first kappa shape index (κ1) is 26.3. The minimum atomic E-state index is -2.66. The Morgan fingerprint density at radius 1 is 1.14 bits per heavy atom. The molecule has 12 heteroatoms. The summed E-state index contributed by atoms with van der Waals surface area (Å²) in [6, 6.07) is 0.444. The van der Waals surface area contributed by atoms with Crippen molar-refractivity contribution in [1.82, 2.24) is 4.90 Å². The zero-order valence-electron chi connectivity index (χ0n) is 19.7. The second-order valence-electron chi connectivity index (χ2n) is 9.54. The molecule has 4 rings (SSSR count). The summed E-state index contributed by atoms with van der Waals surface area (Å²) in [5.41, 5.74) is 8.68. The molecule has 1 fully saturated rings. The highest BCUT2D eigenvalue weighted by Crippen LogP contribution is 2.54. The van der Waals surface area contributed by atoms with Crippen LogP contribution in [-0.4, -0.2) is 82.6 Å². The lowest BCUT2D eigenvalue weighted by Gasteiger charge is -2.50. The van der Waals surface area contributed by atoms with E-state index in [2.05, 4.69) is 0 Å². The first-order valence-electron chi connectivity index (χ1n) is 10.7. The van der Waals surface area contributed by atoms with Crippen LogP contribution < -0.4 is 16.4 Å². The number of hydrogen-bond acceptors (Lipinski definition) is 10. The van der Waals surface area contributed by atoms with Gasteiger partial charge in [0.1, 0.15) is 22.8 Å².